The van der Waals surface area contributed by atoms with Crippen molar-refractivity contribution in [1.82, 2.24) is 0 Å². The van der Waals surface area contributed by atoms with Gasteiger partial charge in [0.05, 0.1) is 13.2 Å². The fraction of sp³-hybridized carbons (Fsp3) is 1.00. The maximum atomic E-state index is 9.81. The molecule has 0 aliphatic carbocycles. The van der Waals surface area contributed by atoms with E-state index in [1.165, 1.54) is 0 Å². The van der Waals surface area contributed by atoms with E-state index < -0.39 is 15.6 Å². The Morgan fingerprint density at radius 2 is 1.06 bits per heavy atom. The maximum absolute atomic E-state index is 9.81. The zero-order chi connectivity index (χ0) is 13.2. The number of phosphoric acid groups is 2. The Morgan fingerprint density at radius 1 is 0.824 bits per heavy atom. The van der Waals surface area contributed by atoms with E-state index in [4.69, 9.17) is 31.0 Å². The molecule has 0 unspecified atom stereocenters. The van der Waals surface area contributed by atoms with Gasteiger partial charge in [-0.15, -0.1) is 0 Å². The smallest absolute Gasteiger partial charge is 0.328 e. The predicted octanol–water partition coefficient (Wildman–Crippen LogP) is -2.27. The van der Waals surface area contributed by atoms with E-state index >= 15 is 0 Å². The van der Waals surface area contributed by atoms with Gasteiger partial charge in [-0.3, -0.25) is 9.05 Å². The molecule has 0 saturated carbocycles. The topological polar surface area (TPSA) is 186 Å². The molecular weight excluding hydrogens is 290 g/mol. The minimum absolute atomic E-state index is 0. The summed E-state index contributed by atoms with van der Waals surface area (Å²) in [5, 5.41) is 0. The van der Waals surface area contributed by atoms with E-state index in [0.29, 0.717) is 0 Å². The van der Waals surface area contributed by atoms with E-state index in [2.05, 4.69) is 9.05 Å². The number of hydrogen-bond acceptors (Lipinski definition) is 6. The molecule has 10 nitrogen and oxygen atoms in total. The normalized spacial score (nSPS) is 11.2. The number of rotatable bonds is 6. The molecule has 13 heteroatoms. The Hall–Kier alpha value is 0.906. The monoisotopic (exact) mass is 306 g/mol. The highest BCUT2D eigenvalue weighted by Crippen LogP contribution is 2.35. The molecule has 0 aliphatic rings. The van der Waals surface area contributed by atoms with Gasteiger partial charge >= 0.3 is 15.6 Å². The van der Waals surface area contributed by atoms with Crippen molar-refractivity contribution < 1.29 is 37.8 Å². The summed E-state index contributed by atoms with van der Waals surface area (Å²) >= 11 is 0. The second kappa shape index (κ2) is 12.0. The molecule has 0 saturated heterocycles. The molecule has 2 radical (unpaired) electrons. The zero-order valence-electron chi connectivity index (χ0n) is 9.01. The largest absolute Gasteiger partial charge is 0.469 e. The SMILES string of the molecule is NCCOP(=O)(O)O.NCCOP(=O)(O)O.[Mg]. The van der Waals surface area contributed by atoms with Gasteiger partial charge in [0, 0.05) is 36.1 Å². The highest BCUT2D eigenvalue weighted by Gasteiger charge is 2.11. The van der Waals surface area contributed by atoms with Crippen molar-refractivity contribution in [3.63, 3.8) is 0 Å². The van der Waals surface area contributed by atoms with Gasteiger partial charge in [0.1, 0.15) is 0 Å². The lowest BCUT2D eigenvalue weighted by atomic mass is 10.8. The van der Waals surface area contributed by atoms with Gasteiger partial charge in [-0.05, 0) is 0 Å². The molecule has 0 rings (SSSR count). The average Bonchev–Trinajstić information content (AvgIpc) is 2.10. The quantitative estimate of drug-likeness (QED) is 0.231. The molecule has 0 fully saturated rings. The Balaban J connectivity index is -0.000000218. The van der Waals surface area contributed by atoms with Crippen molar-refractivity contribution in [2.24, 2.45) is 11.5 Å². The van der Waals surface area contributed by atoms with Crippen LogP contribution in [0.15, 0.2) is 0 Å². The van der Waals surface area contributed by atoms with Crippen LogP contribution in [0, 0.1) is 0 Å². The second-order valence-corrected chi connectivity index (χ2v) is 4.70. The highest BCUT2D eigenvalue weighted by atomic mass is 31.2. The van der Waals surface area contributed by atoms with Gasteiger partial charge in [-0.2, -0.15) is 0 Å². The van der Waals surface area contributed by atoms with Crippen molar-refractivity contribution in [2.75, 3.05) is 26.3 Å². The third kappa shape index (κ3) is 31.6. The van der Waals surface area contributed by atoms with E-state index in [-0.39, 0.29) is 49.4 Å². The summed E-state index contributed by atoms with van der Waals surface area (Å²) in [5.74, 6) is 0. The van der Waals surface area contributed by atoms with Crippen LogP contribution in [0.4, 0.5) is 0 Å². The lowest BCUT2D eigenvalue weighted by Crippen LogP contribution is -2.06. The summed E-state index contributed by atoms with van der Waals surface area (Å²) < 4.78 is 27.5. The molecule has 0 aromatic heterocycles. The number of phosphoric ester groups is 2. The van der Waals surface area contributed by atoms with Crippen LogP contribution in [0.5, 0.6) is 0 Å². The van der Waals surface area contributed by atoms with Crippen molar-refractivity contribution in [1.29, 1.82) is 0 Å². The summed E-state index contributed by atoms with van der Waals surface area (Å²) in [4.78, 5) is 31.9. The lowest BCUT2D eigenvalue weighted by molar-refractivity contribution is 0.200. The van der Waals surface area contributed by atoms with Gasteiger partial charge in [0.15, 0.2) is 0 Å². The molecule has 0 aliphatic heterocycles. The van der Waals surface area contributed by atoms with E-state index in [9.17, 15) is 9.13 Å². The summed E-state index contributed by atoms with van der Waals surface area (Å²) in [7, 11) is -8.52. The fourth-order valence-electron chi connectivity index (χ4n) is 0.343. The molecule has 17 heavy (non-hydrogen) atoms. The van der Waals surface area contributed by atoms with E-state index in [1.54, 1.807) is 0 Å². The van der Waals surface area contributed by atoms with Crippen LogP contribution in [0.3, 0.4) is 0 Å². The maximum Gasteiger partial charge on any atom is 0.469 e. The summed E-state index contributed by atoms with van der Waals surface area (Å²) in [6, 6.07) is 0. The van der Waals surface area contributed by atoms with Crippen molar-refractivity contribution in [3.05, 3.63) is 0 Å². The predicted molar refractivity (Wildman–Crippen MR) is 59.9 cm³/mol. The first kappa shape index (κ1) is 23.0. The third-order valence-electron chi connectivity index (χ3n) is 0.755. The average molecular weight is 306 g/mol. The minimum Gasteiger partial charge on any atom is -0.328 e. The van der Waals surface area contributed by atoms with Crippen LogP contribution < -0.4 is 11.5 Å². The van der Waals surface area contributed by atoms with Gasteiger partial charge in [-0.1, -0.05) is 0 Å². The molecule has 0 bridgehead atoms. The molecule has 0 aromatic rings. The summed E-state index contributed by atoms with van der Waals surface area (Å²) in [6.07, 6.45) is 0. The molecule has 0 amide bonds. The highest BCUT2D eigenvalue weighted by molar-refractivity contribution is 7.46. The van der Waals surface area contributed by atoms with Crippen LogP contribution in [0.25, 0.3) is 0 Å². The zero-order valence-corrected chi connectivity index (χ0v) is 12.2. The Labute approximate surface area is 114 Å². The molecule has 0 aromatic carbocycles. The van der Waals surface area contributed by atoms with Crippen molar-refractivity contribution >= 4 is 38.7 Å². The molecule has 8 N–H and O–H groups in total. The van der Waals surface area contributed by atoms with E-state index in [0.717, 1.165) is 0 Å². The van der Waals surface area contributed by atoms with Crippen LogP contribution in [0.1, 0.15) is 0 Å². The van der Waals surface area contributed by atoms with Gasteiger partial charge in [-0.25, -0.2) is 9.13 Å². The first-order valence-corrected chi connectivity index (χ1v) is 6.98. The second-order valence-electron chi connectivity index (χ2n) is 2.22. The molecule has 0 heterocycles. The first-order valence-electron chi connectivity index (χ1n) is 3.92. The minimum atomic E-state index is -4.26. The molecule has 0 spiro atoms. The van der Waals surface area contributed by atoms with Crippen LogP contribution in [-0.4, -0.2) is 68.9 Å². The van der Waals surface area contributed by atoms with Crippen LogP contribution in [-0.2, 0) is 18.2 Å². The first-order chi connectivity index (χ1) is 7.12. The van der Waals surface area contributed by atoms with Crippen LogP contribution in [0.2, 0.25) is 0 Å². The van der Waals surface area contributed by atoms with Crippen molar-refractivity contribution in [3.8, 4) is 0 Å². The Bertz CT molecular complexity index is 228. The summed E-state index contributed by atoms with van der Waals surface area (Å²) in [5.41, 5.74) is 9.73. The molecule has 0 atom stereocenters. The Kier molecular flexibility index (Phi) is 16.2. The van der Waals surface area contributed by atoms with Crippen LogP contribution >= 0.6 is 15.6 Å². The number of hydrogen-bond donors (Lipinski definition) is 6. The fourth-order valence-corrected chi connectivity index (χ4v) is 1.03. The van der Waals surface area contributed by atoms with Gasteiger partial charge in [0.25, 0.3) is 0 Å². The van der Waals surface area contributed by atoms with Gasteiger partial charge < -0.3 is 31.0 Å². The molecule has 102 valence electrons. The Morgan fingerprint density at radius 3 is 1.12 bits per heavy atom. The van der Waals surface area contributed by atoms with Gasteiger partial charge in [0.2, 0.25) is 0 Å². The van der Waals surface area contributed by atoms with E-state index in [1.807, 2.05) is 0 Å². The summed E-state index contributed by atoms with van der Waals surface area (Å²) in [6.45, 7) is 0.0186. The van der Waals surface area contributed by atoms with Crippen molar-refractivity contribution in [2.45, 2.75) is 0 Å². The lowest BCUT2D eigenvalue weighted by Gasteiger charge is -2.00. The molecular formula is C4H16MgN2O8P2. The number of nitrogens with two attached hydrogens (primary N) is 2. The standard InChI is InChI=1S/2C2H8NO4P.Mg/c2*3-1-2-7-8(4,5)6;/h2*1-3H2,(H2,4,5,6);. The third-order valence-corrected chi connectivity index (χ3v) is 1.79.